The first-order valence-electron chi connectivity index (χ1n) is 11.0. The molecule has 0 aromatic heterocycles. The maximum Gasteiger partial charge on any atom is 0.234 e. The molecule has 4 rings (SSSR count). The van der Waals surface area contributed by atoms with E-state index in [0.717, 1.165) is 5.56 Å². The number of nitrogens with one attached hydrogen (secondary N) is 3. The second-order valence-corrected chi connectivity index (χ2v) is 8.98. The average Bonchev–Trinajstić information content (AvgIpc) is 2.73. The van der Waals surface area contributed by atoms with E-state index in [2.05, 4.69) is 16.0 Å². The van der Waals surface area contributed by atoms with Gasteiger partial charge in [-0.2, -0.15) is 0 Å². The summed E-state index contributed by atoms with van der Waals surface area (Å²) in [5.74, 6) is -1.76. The molecule has 2 heterocycles. The first kappa shape index (κ1) is 23.0. The standard InChI is InChI=1S/C22H35N3O6/c1-11-5-7-13(8-6-11)10-25-14-9-12(2)29-21-22(14,28)31-19-16(24-4)17(26)15(23-3)18(27)20(19)30-21/h5-8,12,14-21,23-28H,9-10H2,1-4H3/t12-,14-,15-,16+,17+,18+,19?,20?,21?,22+/m1/s1. The Kier molecular flexibility index (Phi) is 6.69. The van der Waals surface area contributed by atoms with Crippen molar-refractivity contribution >= 4 is 0 Å². The number of ether oxygens (including phenoxy) is 3. The zero-order chi connectivity index (χ0) is 22.3. The summed E-state index contributed by atoms with van der Waals surface area (Å²) in [7, 11) is 3.38. The van der Waals surface area contributed by atoms with Crippen molar-refractivity contribution in [1.82, 2.24) is 16.0 Å². The molecule has 1 aromatic carbocycles. The van der Waals surface area contributed by atoms with Gasteiger partial charge in [0.2, 0.25) is 12.1 Å². The summed E-state index contributed by atoms with van der Waals surface area (Å²) in [5, 5.41) is 42.6. The van der Waals surface area contributed by atoms with Gasteiger partial charge in [-0.25, -0.2) is 0 Å². The maximum atomic E-state index is 11.6. The highest BCUT2D eigenvalue weighted by molar-refractivity contribution is 5.21. The van der Waals surface area contributed by atoms with Gasteiger partial charge >= 0.3 is 0 Å². The average molecular weight is 438 g/mol. The molecule has 3 fully saturated rings. The molecule has 1 aromatic rings. The third kappa shape index (κ3) is 4.15. The summed E-state index contributed by atoms with van der Waals surface area (Å²) in [6.45, 7) is 4.51. The Bertz CT molecular complexity index is 751. The normalized spacial score (nSPS) is 45.1. The van der Waals surface area contributed by atoms with E-state index in [1.807, 2.05) is 38.1 Å². The smallest absolute Gasteiger partial charge is 0.234 e. The van der Waals surface area contributed by atoms with Crippen LogP contribution in [0.5, 0.6) is 0 Å². The number of rotatable bonds is 5. The molecular weight excluding hydrogens is 402 g/mol. The highest BCUT2D eigenvalue weighted by atomic mass is 16.8. The molecule has 10 atom stereocenters. The minimum absolute atomic E-state index is 0.174. The van der Waals surface area contributed by atoms with E-state index in [0.29, 0.717) is 13.0 Å². The number of hydrogen-bond acceptors (Lipinski definition) is 9. The highest BCUT2D eigenvalue weighted by Crippen LogP contribution is 2.42. The van der Waals surface area contributed by atoms with Crippen molar-refractivity contribution in [3.05, 3.63) is 35.4 Å². The molecule has 9 heteroatoms. The lowest BCUT2D eigenvalue weighted by atomic mass is 9.79. The fraction of sp³-hybridized carbons (Fsp3) is 0.727. The molecule has 0 radical (unpaired) electrons. The Labute approximate surface area is 183 Å². The minimum atomic E-state index is -1.76. The number of aliphatic hydroxyl groups is 3. The largest absolute Gasteiger partial charge is 0.390 e. The van der Waals surface area contributed by atoms with Gasteiger partial charge < -0.3 is 45.5 Å². The van der Waals surface area contributed by atoms with Crippen LogP contribution in [0.4, 0.5) is 0 Å². The number of likely N-dealkylation sites (N-methyl/N-ethyl adjacent to an activating group) is 2. The summed E-state index contributed by atoms with van der Waals surface area (Å²) < 4.78 is 18.2. The summed E-state index contributed by atoms with van der Waals surface area (Å²) in [6, 6.07) is 6.57. The van der Waals surface area contributed by atoms with Crippen molar-refractivity contribution in [2.24, 2.45) is 0 Å². The summed E-state index contributed by atoms with van der Waals surface area (Å²) in [6.07, 6.45) is -4.21. The van der Waals surface area contributed by atoms with Crippen molar-refractivity contribution in [3.63, 3.8) is 0 Å². The predicted molar refractivity (Wildman–Crippen MR) is 113 cm³/mol. The summed E-state index contributed by atoms with van der Waals surface area (Å²) in [4.78, 5) is 0. The van der Waals surface area contributed by atoms with E-state index >= 15 is 0 Å². The molecule has 9 nitrogen and oxygen atoms in total. The molecule has 1 aliphatic carbocycles. The Morgan fingerprint density at radius 3 is 2.32 bits per heavy atom. The van der Waals surface area contributed by atoms with Gasteiger partial charge in [-0.05, 0) is 39.9 Å². The lowest BCUT2D eigenvalue weighted by molar-refractivity contribution is -0.449. The van der Waals surface area contributed by atoms with E-state index in [9.17, 15) is 15.3 Å². The molecule has 0 bridgehead atoms. The molecular formula is C22H35N3O6. The van der Waals surface area contributed by atoms with Gasteiger partial charge in [0.15, 0.2) is 0 Å². The lowest BCUT2D eigenvalue weighted by Crippen LogP contribution is -2.79. The highest BCUT2D eigenvalue weighted by Gasteiger charge is 2.63. The van der Waals surface area contributed by atoms with Crippen molar-refractivity contribution in [2.75, 3.05) is 14.1 Å². The van der Waals surface area contributed by atoms with Gasteiger partial charge in [0.25, 0.3) is 0 Å². The Balaban J connectivity index is 1.56. The van der Waals surface area contributed by atoms with E-state index < -0.39 is 54.6 Å². The van der Waals surface area contributed by atoms with Crippen LogP contribution in [0.1, 0.15) is 24.5 Å². The molecule has 31 heavy (non-hydrogen) atoms. The van der Waals surface area contributed by atoms with Gasteiger partial charge in [-0.3, -0.25) is 0 Å². The second kappa shape index (κ2) is 9.01. The molecule has 2 saturated heterocycles. The van der Waals surface area contributed by atoms with Crippen molar-refractivity contribution in [3.8, 4) is 0 Å². The monoisotopic (exact) mass is 437 g/mol. The second-order valence-electron chi connectivity index (χ2n) is 8.98. The third-order valence-electron chi connectivity index (χ3n) is 6.82. The van der Waals surface area contributed by atoms with Crippen molar-refractivity contribution < 1.29 is 29.5 Å². The van der Waals surface area contributed by atoms with E-state index in [-0.39, 0.29) is 6.10 Å². The molecule has 0 spiro atoms. The fourth-order valence-electron chi connectivity index (χ4n) is 5.03. The fourth-order valence-corrected chi connectivity index (χ4v) is 5.03. The topological polar surface area (TPSA) is 124 Å². The van der Waals surface area contributed by atoms with Crippen molar-refractivity contribution in [2.45, 2.75) is 87.5 Å². The molecule has 174 valence electrons. The van der Waals surface area contributed by atoms with Crippen LogP contribution in [0.15, 0.2) is 24.3 Å². The van der Waals surface area contributed by atoms with E-state index in [1.165, 1.54) is 5.56 Å². The molecule has 3 unspecified atom stereocenters. The number of aliphatic hydroxyl groups excluding tert-OH is 2. The molecule has 3 aliphatic rings. The van der Waals surface area contributed by atoms with Gasteiger partial charge in [-0.15, -0.1) is 0 Å². The van der Waals surface area contributed by atoms with Gasteiger partial charge in [0, 0.05) is 6.54 Å². The number of hydrogen-bond donors (Lipinski definition) is 6. The first-order chi connectivity index (χ1) is 14.8. The van der Waals surface area contributed by atoms with Crippen LogP contribution in [-0.4, -0.2) is 90.1 Å². The number of aryl methyl sites for hydroxylation is 1. The van der Waals surface area contributed by atoms with Crippen LogP contribution in [0.25, 0.3) is 0 Å². The van der Waals surface area contributed by atoms with E-state index in [1.54, 1.807) is 14.1 Å². The van der Waals surface area contributed by atoms with Crippen LogP contribution in [-0.2, 0) is 20.8 Å². The Morgan fingerprint density at radius 1 is 1.00 bits per heavy atom. The van der Waals surface area contributed by atoms with E-state index in [4.69, 9.17) is 14.2 Å². The van der Waals surface area contributed by atoms with Crippen molar-refractivity contribution in [1.29, 1.82) is 0 Å². The van der Waals surface area contributed by atoms with Crippen LogP contribution < -0.4 is 16.0 Å². The van der Waals surface area contributed by atoms with Gasteiger partial charge in [-0.1, -0.05) is 29.8 Å². The number of benzene rings is 1. The van der Waals surface area contributed by atoms with Gasteiger partial charge in [0.1, 0.15) is 18.3 Å². The minimum Gasteiger partial charge on any atom is -0.390 e. The van der Waals surface area contributed by atoms with Crippen LogP contribution in [0.3, 0.4) is 0 Å². The summed E-state index contributed by atoms with van der Waals surface area (Å²) >= 11 is 0. The molecule has 1 saturated carbocycles. The summed E-state index contributed by atoms with van der Waals surface area (Å²) in [5.41, 5.74) is 2.28. The lowest BCUT2D eigenvalue weighted by Gasteiger charge is -2.58. The molecule has 6 N–H and O–H groups in total. The SMILES string of the molecule is CN[C@@H]1[C@H](O)[C@H](NC)C2O[C@]3(O)C(OC2[C@H]1O)O[C@H](C)C[C@H]3NCc1ccc(C)cc1. The van der Waals surface area contributed by atoms with Crippen LogP contribution in [0.2, 0.25) is 0 Å². The molecule has 2 aliphatic heterocycles. The Hall–Kier alpha value is -1.14. The van der Waals surface area contributed by atoms with Gasteiger partial charge in [0.05, 0.1) is 30.3 Å². The predicted octanol–water partition coefficient (Wildman–Crippen LogP) is -1.03. The zero-order valence-corrected chi connectivity index (χ0v) is 18.5. The third-order valence-corrected chi connectivity index (χ3v) is 6.82. The number of fused-ring (bicyclic) bond motifs is 2. The zero-order valence-electron chi connectivity index (χ0n) is 18.5. The van der Waals surface area contributed by atoms with Crippen LogP contribution in [0, 0.1) is 6.92 Å². The maximum absolute atomic E-state index is 11.6. The van der Waals surface area contributed by atoms with Crippen LogP contribution >= 0.6 is 0 Å². The Morgan fingerprint density at radius 2 is 1.68 bits per heavy atom. The first-order valence-corrected chi connectivity index (χ1v) is 11.0. The quantitative estimate of drug-likeness (QED) is 0.343. The molecule has 0 amide bonds.